The third kappa shape index (κ3) is 2.38. The molecule has 2 rings (SSSR count). The Morgan fingerprint density at radius 1 is 1.47 bits per heavy atom. The minimum Gasteiger partial charge on any atom is -0.398 e. The first-order valence-electron chi connectivity index (χ1n) is 5.47. The Hall–Kier alpha value is -2.04. The minimum absolute atomic E-state index is 0.0522. The van der Waals surface area contributed by atoms with E-state index >= 15 is 0 Å². The van der Waals surface area contributed by atoms with E-state index in [0.717, 1.165) is 0 Å². The van der Waals surface area contributed by atoms with Crippen LogP contribution in [-0.2, 0) is 4.79 Å². The number of carbonyl (C=O) groups is 2. The van der Waals surface area contributed by atoms with Crippen LogP contribution in [0.25, 0.3) is 0 Å². The first kappa shape index (κ1) is 11.4. The zero-order chi connectivity index (χ0) is 12.4. The van der Waals surface area contributed by atoms with Crippen LogP contribution in [0, 0.1) is 0 Å². The smallest absolute Gasteiger partial charge is 0.253 e. The van der Waals surface area contributed by atoms with Crippen molar-refractivity contribution in [2.75, 3.05) is 19.3 Å². The Morgan fingerprint density at radius 2 is 2.18 bits per heavy atom. The van der Waals surface area contributed by atoms with E-state index in [1.54, 1.807) is 36.2 Å². The predicted octanol–water partition coefficient (Wildman–Crippen LogP) is 0.229. The lowest BCUT2D eigenvalue weighted by Gasteiger charge is -2.13. The fourth-order valence-corrected chi connectivity index (χ4v) is 1.93. The van der Waals surface area contributed by atoms with Crippen molar-refractivity contribution in [3.8, 4) is 0 Å². The van der Waals surface area contributed by atoms with E-state index in [4.69, 9.17) is 5.73 Å². The van der Waals surface area contributed by atoms with E-state index in [2.05, 4.69) is 5.32 Å². The number of likely N-dealkylation sites (tertiary alicyclic amines) is 1. The molecule has 1 aliphatic rings. The maximum absolute atomic E-state index is 11.9. The van der Waals surface area contributed by atoms with Crippen LogP contribution in [0.15, 0.2) is 24.3 Å². The van der Waals surface area contributed by atoms with E-state index in [1.165, 1.54) is 0 Å². The number of carbonyl (C=O) groups excluding carboxylic acids is 2. The number of nitrogens with zero attached hydrogens (tertiary/aromatic N) is 1. The zero-order valence-electron chi connectivity index (χ0n) is 9.64. The molecule has 0 aromatic heterocycles. The molecular weight excluding hydrogens is 218 g/mol. The highest BCUT2D eigenvalue weighted by Crippen LogP contribution is 2.13. The summed E-state index contributed by atoms with van der Waals surface area (Å²) in [6.07, 6.45) is 0.356. The molecule has 2 amide bonds. The first-order chi connectivity index (χ1) is 8.08. The molecule has 0 spiro atoms. The van der Waals surface area contributed by atoms with E-state index in [1.807, 2.05) is 0 Å². The summed E-state index contributed by atoms with van der Waals surface area (Å²) in [7, 11) is 1.73. The van der Waals surface area contributed by atoms with E-state index in [0.29, 0.717) is 24.2 Å². The molecule has 5 heteroatoms. The van der Waals surface area contributed by atoms with Crippen LogP contribution in [0.2, 0.25) is 0 Å². The van der Waals surface area contributed by atoms with Gasteiger partial charge in [-0.3, -0.25) is 9.59 Å². The van der Waals surface area contributed by atoms with Gasteiger partial charge in [-0.15, -0.1) is 0 Å². The van der Waals surface area contributed by atoms with Crippen LogP contribution in [0.1, 0.15) is 16.8 Å². The number of anilines is 1. The number of nitrogens with two attached hydrogens (primary N) is 1. The van der Waals surface area contributed by atoms with Gasteiger partial charge in [-0.05, 0) is 12.1 Å². The number of rotatable bonds is 2. The standard InChI is InChI=1S/C12H15N3O2/c1-15-7-8(6-11(15)16)14-12(17)9-4-2-3-5-10(9)13/h2-5,8H,6-7,13H2,1H3,(H,14,17). The molecule has 1 atom stereocenters. The average molecular weight is 233 g/mol. The van der Waals surface area contributed by atoms with Gasteiger partial charge < -0.3 is 16.0 Å². The molecule has 1 aliphatic heterocycles. The molecular formula is C12H15N3O2. The van der Waals surface area contributed by atoms with Crippen molar-refractivity contribution >= 4 is 17.5 Å². The normalized spacial score (nSPS) is 19.5. The molecule has 5 nitrogen and oxygen atoms in total. The van der Waals surface area contributed by atoms with Gasteiger partial charge in [0, 0.05) is 25.7 Å². The van der Waals surface area contributed by atoms with Crippen molar-refractivity contribution in [3.05, 3.63) is 29.8 Å². The molecule has 1 saturated heterocycles. The molecule has 1 heterocycles. The second-order valence-corrected chi connectivity index (χ2v) is 4.24. The number of likely N-dealkylation sites (N-methyl/N-ethyl adjacent to an activating group) is 1. The molecule has 1 aromatic carbocycles. The van der Waals surface area contributed by atoms with Gasteiger partial charge in [-0.1, -0.05) is 12.1 Å². The van der Waals surface area contributed by atoms with Gasteiger partial charge in [0.15, 0.2) is 0 Å². The Kier molecular flexibility index (Phi) is 2.99. The highest BCUT2D eigenvalue weighted by molar-refractivity contribution is 5.99. The zero-order valence-corrected chi connectivity index (χ0v) is 9.64. The van der Waals surface area contributed by atoms with E-state index in [-0.39, 0.29) is 17.9 Å². The van der Waals surface area contributed by atoms with Crippen LogP contribution < -0.4 is 11.1 Å². The predicted molar refractivity (Wildman–Crippen MR) is 64.4 cm³/mol. The van der Waals surface area contributed by atoms with Crippen LogP contribution in [0.4, 0.5) is 5.69 Å². The summed E-state index contributed by atoms with van der Waals surface area (Å²) in [4.78, 5) is 24.8. The third-order valence-electron chi connectivity index (χ3n) is 2.88. The summed E-state index contributed by atoms with van der Waals surface area (Å²) in [6, 6.07) is 6.77. The lowest BCUT2D eigenvalue weighted by molar-refractivity contribution is -0.126. The summed E-state index contributed by atoms with van der Waals surface area (Å²) in [5, 5.41) is 2.82. The number of hydrogen-bond acceptors (Lipinski definition) is 3. The van der Waals surface area contributed by atoms with Gasteiger partial charge >= 0.3 is 0 Å². The van der Waals surface area contributed by atoms with Crippen molar-refractivity contribution in [1.82, 2.24) is 10.2 Å². The lowest BCUT2D eigenvalue weighted by atomic mass is 10.1. The number of benzene rings is 1. The monoisotopic (exact) mass is 233 g/mol. The summed E-state index contributed by atoms with van der Waals surface area (Å²) < 4.78 is 0. The highest BCUT2D eigenvalue weighted by Gasteiger charge is 2.28. The molecule has 3 N–H and O–H groups in total. The van der Waals surface area contributed by atoms with Crippen LogP contribution in [-0.4, -0.2) is 36.3 Å². The minimum atomic E-state index is -0.226. The summed E-state index contributed by atoms with van der Waals surface area (Å²) in [5.41, 5.74) is 6.61. The molecule has 1 aromatic rings. The molecule has 90 valence electrons. The van der Waals surface area contributed by atoms with Crippen molar-refractivity contribution in [2.24, 2.45) is 0 Å². The SMILES string of the molecule is CN1CC(NC(=O)c2ccccc2N)CC1=O. The molecule has 0 saturated carbocycles. The van der Waals surface area contributed by atoms with Crippen molar-refractivity contribution in [2.45, 2.75) is 12.5 Å². The van der Waals surface area contributed by atoms with Crippen LogP contribution in [0.5, 0.6) is 0 Å². The molecule has 0 aliphatic carbocycles. The first-order valence-corrected chi connectivity index (χ1v) is 5.47. The summed E-state index contributed by atoms with van der Waals surface area (Å²) >= 11 is 0. The molecule has 1 unspecified atom stereocenters. The Balaban J connectivity index is 2.03. The molecule has 1 fully saturated rings. The van der Waals surface area contributed by atoms with E-state index < -0.39 is 0 Å². The Bertz CT molecular complexity index is 459. The maximum Gasteiger partial charge on any atom is 0.253 e. The van der Waals surface area contributed by atoms with Gasteiger partial charge in [0.05, 0.1) is 11.6 Å². The summed E-state index contributed by atoms with van der Waals surface area (Å²) in [5.74, 6) is -0.174. The van der Waals surface area contributed by atoms with Crippen LogP contribution in [0.3, 0.4) is 0 Å². The van der Waals surface area contributed by atoms with Gasteiger partial charge in [-0.25, -0.2) is 0 Å². The average Bonchev–Trinajstić information content (AvgIpc) is 2.58. The van der Waals surface area contributed by atoms with E-state index in [9.17, 15) is 9.59 Å². The van der Waals surface area contributed by atoms with Gasteiger partial charge in [0.1, 0.15) is 0 Å². The lowest BCUT2D eigenvalue weighted by Crippen LogP contribution is -2.36. The van der Waals surface area contributed by atoms with Crippen LogP contribution >= 0.6 is 0 Å². The maximum atomic E-state index is 11.9. The molecule has 0 radical (unpaired) electrons. The van der Waals surface area contributed by atoms with Gasteiger partial charge in [0.25, 0.3) is 5.91 Å². The third-order valence-corrected chi connectivity index (χ3v) is 2.88. The Morgan fingerprint density at radius 3 is 2.76 bits per heavy atom. The highest BCUT2D eigenvalue weighted by atomic mass is 16.2. The second kappa shape index (κ2) is 4.45. The molecule has 17 heavy (non-hydrogen) atoms. The number of para-hydroxylation sites is 1. The largest absolute Gasteiger partial charge is 0.398 e. The second-order valence-electron chi connectivity index (χ2n) is 4.24. The number of nitrogens with one attached hydrogen (secondary N) is 1. The quantitative estimate of drug-likeness (QED) is 0.718. The van der Waals surface area contributed by atoms with Gasteiger partial charge in [0.2, 0.25) is 5.91 Å². The van der Waals surface area contributed by atoms with Gasteiger partial charge in [-0.2, -0.15) is 0 Å². The van der Waals surface area contributed by atoms with Crippen molar-refractivity contribution in [1.29, 1.82) is 0 Å². The Labute approximate surface area is 99.6 Å². The number of hydrogen-bond donors (Lipinski definition) is 2. The molecule has 0 bridgehead atoms. The fourth-order valence-electron chi connectivity index (χ4n) is 1.93. The number of nitrogen functional groups attached to an aromatic ring is 1. The van der Waals surface area contributed by atoms with Crippen molar-refractivity contribution in [3.63, 3.8) is 0 Å². The summed E-state index contributed by atoms with van der Waals surface area (Å²) in [6.45, 7) is 0.553. The number of amides is 2. The van der Waals surface area contributed by atoms with Crippen molar-refractivity contribution < 1.29 is 9.59 Å². The fraction of sp³-hybridized carbons (Fsp3) is 0.333. The topological polar surface area (TPSA) is 75.4 Å².